The third-order valence-corrected chi connectivity index (χ3v) is 4.43. The van der Waals surface area contributed by atoms with Gasteiger partial charge in [-0.25, -0.2) is 9.97 Å². The molecule has 0 fully saturated rings. The molecule has 0 saturated heterocycles. The monoisotopic (exact) mass is 353 g/mol. The van der Waals surface area contributed by atoms with Gasteiger partial charge in [0.15, 0.2) is 5.13 Å². The van der Waals surface area contributed by atoms with E-state index in [4.69, 9.17) is 4.74 Å². The fraction of sp³-hybridized carbons (Fsp3) is 0.211. The second kappa shape index (κ2) is 7.44. The summed E-state index contributed by atoms with van der Waals surface area (Å²) in [6.07, 6.45) is 1.56. The number of nitrogens with zero attached hydrogens (tertiary/aromatic N) is 2. The number of nitrogens with one attached hydrogen (secondary N) is 1. The van der Waals surface area contributed by atoms with Crippen molar-refractivity contribution < 1.29 is 9.53 Å². The van der Waals surface area contributed by atoms with Gasteiger partial charge in [0.25, 0.3) is 5.91 Å². The third-order valence-electron chi connectivity index (χ3n) is 3.67. The fourth-order valence-electron chi connectivity index (χ4n) is 2.50. The van der Waals surface area contributed by atoms with Crippen LogP contribution in [0.2, 0.25) is 0 Å². The molecule has 6 heteroatoms. The van der Waals surface area contributed by atoms with E-state index in [-0.39, 0.29) is 5.91 Å². The van der Waals surface area contributed by atoms with Crippen LogP contribution in [0.3, 0.4) is 0 Å². The van der Waals surface area contributed by atoms with E-state index in [9.17, 15) is 4.79 Å². The number of carbonyl (C=O) groups is 1. The van der Waals surface area contributed by atoms with Crippen molar-refractivity contribution in [2.24, 2.45) is 0 Å². The maximum absolute atomic E-state index is 12.4. The van der Waals surface area contributed by atoms with E-state index in [1.165, 1.54) is 22.5 Å². The molecule has 1 N–H and O–H groups in total. The van der Waals surface area contributed by atoms with E-state index in [2.05, 4.69) is 47.3 Å². The minimum Gasteiger partial charge on any atom is -0.478 e. The van der Waals surface area contributed by atoms with E-state index in [1.807, 2.05) is 12.3 Å². The number of anilines is 1. The van der Waals surface area contributed by atoms with Gasteiger partial charge in [-0.05, 0) is 32.4 Å². The average Bonchev–Trinajstić information content (AvgIpc) is 3.03. The van der Waals surface area contributed by atoms with E-state index in [1.54, 1.807) is 18.3 Å². The highest BCUT2D eigenvalue weighted by atomic mass is 32.1. The van der Waals surface area contributed by atoms with Crippen molar-refractivity contribution in [2.75, 3.05) is 11.9 Å². The lowest BCUT2D eigenvalue weighted by molar-refractivity contribution is 0.102. The number of aromatic nitrogens is 2. The van der Waals surface area contributed by atoms with Gasteiger partial charge in [-0.15, -0.1) is 11.3 Å². The Bertz CT molecular complexity index is 905. The standard InChI is InChI=1S/C19H19N3O2S/c1-4-24-17-10-14(7-8-20-17)18(23)22-19-21-16(11-25-19)15-6-5-12(2)9-13(15)3/h5-11H,4H2,1-3H3,(H,21,22,23). The van der Waals surface area contributed by atoms with Crippen molar-refractivity contribution >= 4 is 22.4 Å². The molecule has 5 nitrogen and oxygen atoms in total. The maximum atomic E-state index is 12.4. The number of hydrogen-bond donors (Lipinski definition) is 1. The van der Waals surface area contributed by atoms with Crippen LogP contribution in [0.5, 0.6) is 5.88 Å². The summed E-state index contributed by atoms with van der Waals surface area (Å²) in [6.45, 7) is 6.50. The first-order valence-corrected chi connectivity index (χ1v) is 8.88. The number of pyridine rings is 1. The van der Waals surface area contributed by atoms with Crippen LogP contribution in [0, 0.1) is 13.8 Å². The largest absolute Gasteiger partial charge is 0.478 e. The Morgan fingerprint density at radius 2 is 2.08 bits per heavy atom. The van der Waals surface area contributed by atoms with Crippen molar-refractivity contribution in [3.05, 3.63) is 58.6 Å². The lowest BCUT2D eigenvalue weighted by Gasteiger charge is -2.05. The number of carbonyl (C=O) groups excluding carboxylic acids is 1. The Morgan fingerprint density at radius 3 is 2.84 bits per heavy atom. The second-order valence-corrected chi connectivity index (χ2v) is 6.48. The molecule has 0 spiro atoms. The Balaban J connectivity index is 1.77. The van der Waals surface area contributed by atoms with E-state index in [0.717, 1.165) is 11.3 Å². The van der Waals surface area contributed by atoms with Gasteiger partial charge in [0.05, 0.1) is 12.3 Å². The number of aryl methyl sites for hydroxylation is 2. The minimum absolute atomic E-state index is 0.232. The summed E-state index contributed by atoms with van der Waals surface area (Å²) in [7, 11) is 0. The van der Waals surface area contributed by atoms with Crippen molar-refractivity contribution in [3.63, 3.8) is 0 Å². The first-order valence-electron chi connectivity index (χ1n) is 8.00. The Kier molecular flexibility index (Phi) is 5.09. The predicted octanol–water partition coefficient (Wildman–Crippen LogP) is 4.47. The van der Waals surface area contributed by atoms with Crippen molar-refractivity contribution in [1.82, 2.24) is 9.97 Å². The molecule has 0 aliphatic rings. The molecule has 25 heavy (non-hydrogen) atoms. The molecule has 0 unspecified atom stereocenters. The van der Waals surface area contributed by atoms with Gasteiger partial charge < -0.3 is 4.74 Å². The molecule has 2 aromatic heterocycles. The average molecular weight is 353 g/mol. The fourth-order valence-corrected chi connectivity index (χ4v) is 3.21. The van der Waals surface area contributed by atoms with Crippen LogP contribution in [-0.2, 0) is 0 Å². The summed E-state index contributed by atoms with van der Waals surface area (Å²) in [6, 6.07) is 9.52. The van der Waals surface area contributed by atoms with Crippen LogP contribution in [0.4, 0.5) is 5.13 Å². The summed E-state index contributed by atoms with van der Waals surface area (Å²) in [4.78, 5) is 21.0. The number of benzene rings is 1. The topological polar surface area (TPSA) is 64.1 Å². The SMILES string of the molecule is CCOc1cc(C(=O)Nc2nc(-c3ccc(C)cc3C)cs2)ccn1. The zero-order chi connectivity index (χ0) is 17.8. The highest BCUT2D eigenvalue weighted by Crippen LogP contribution is 2.28. The van der Waals surface area contributed by atoms with E-state index >= 15 is 0 Å². The predicted molar refractivity (Wildman–Crippen MR) is 100 cm³/mol. The van der Waals surface area contributed by atoms with E-state index in [0.29, 0.717) is 23.2 Å². The molecule has 1 aromatic carbocycles. The summed E-state index contributed by atoms with van der Waals surface area (Å²) in [5, 5.41) is 5.35. The molecule has 1 amide bonds. The summed E-state index contributed by atoms with van der Waals surface area (Å²) in [5.41, 5.74) is 4.81. The second-order valence-electron chi connectivity index (χ2n) is 5.63. The lowest BCUT2D eigenvalue weighted by atomic mass is 10.0. The summed E-state index contributed by atoms with van der Waals surface area (Å²) < 4.78 is 5.33. The van der Waals surface area contributed by atoms with Gasteiger partial charge in [0, 0.05) is 28.8 Å². The Labute approximate surface area is 150 Å². The van der Waals surface area contributed by atoms with Crippen LogP contribution in [-0.4, -0.2) is 22.5 Å². The smallest absolute Gasteiger partial charge is 0.257 e. The molecule has 3 rings (SSSR count). The number of rotatable bonds is 5. The number of ether oxygens (including phenoxy) is 1. The highest BCUT2D eigenvalue weighted by molar-refractivity contribution is 7.14. The molecule has 0 atom stereocenters. The molecular weight excluding hydrogens is 334 g/mol. The number of hydrogen-bond acceptors (Lipinski definition) is 5. The molecule has 0 radical (unpaired) electrons. The van der Waals surface area contributed by atoms with Gasteiger partial charge in [-0.3, -0.25) is 10.1 Å². The molecule has 0 aliphatic heterocycles. The molecule has 0 bridgehead atoms. The number of amides is 1. The van der Waals surface area contributed by atoms with E-state index < -0.39 is 0 Å². The summed E-state index contributed by atoms with van der Waals surface area (Å²) in [5.74, 6) is 0.204. The quantitative estimate of drug-likeness (QED) is 0.735. The third kappa shape index (κ3) is 4.03. The van der Waals surface area contributed by atoms with Crippen molar-refractivity contribution in [2.45, 2.75) is 20.8 Å². The maximum Gasteiger partial charge on any atom is 0.257 e. The van der Waals surface area contributed by atoms with Crippen LogP contribution in [0.25, 0.3) is 11.3 Å². The molecule has 3 aromatic rings. The highest BCUT2D eigenvalue weighted by Gasteiger charge is 2.12. The van der Waals surface area contributed by atoms with Gasteiger partial charge in [0.2, 0.25) is 5.88 Å². The van der Waals surface area contributed by atoms with Gasteiger partial charge in [-0.2, -0.15) is 0 Å². The Morgan fingerprint density at radius 1 is 1.24 bits per heavy atom. The van der Waals surface area contributed by atoms with Crippen molar-refractivity contribution in [3.8, 4) is 17.1 Å². The number of thiazole rings is 1. The zero-order valence-corrected chi connectivity index (χ0v) is 15.2. The Hall–Kier alpha value is -2.73. The van der Waals surface area contributed by atoms with Crippen LogP contribution >= 0.6 is 11.3 Å². The molecule has 2 heterocycles. The van der Waals surface area contributed by atoms with Crippen LogP contribution < -0.4 is 10.1 Å². The minimum atomic E-state index is -0.232. The molecule has 0 aliphatic carbocycles. The van der Waals surface area contributed by atoms with Gasteiger partial charge in [0.1, 0.15) is 0 Å². The van der Waals surface area contributed by atoms with Crippen LogP contribution in [0.15, 0.2) is 41.9 Å². The molecular formula is C19H19N3O2S. The van der Waals surface area contributed by atoms with Crippen molar-refractivity contribution in [1.29, 1.82) is 0 Å². The lowest BCUT2D eigenvalue weighted by Crippen LogP contribution is -2.12. The van der Waals surface area contributed by atoms with Gasteiger partial charge in [-0.1, -0.05) is 23.8 Å². The molecule has 0 saturated carbocycles. The first-order chi connectivity index (χ1) is 12.1. The summed E-state index contributed by atoms with van der Waals surface area (Å²) >= 11 is 1.40. The molecule has 128 valence electrons. The van der Waals surface area contributed by atoms with Crippen LogP contribution in [0.1, 0.15) is 28.4 Å². The van der Waals surface area contributed by atoms with Gasteiger partial charge >= 0.3 is 0 Å². The normalized spacial score (nSPS) is 10.5. The first kappa shape index (κ1) is 17.1. The zero-order valence-electron chi connectivity index (χ0n) is 14.4.